The fourth-order valence-corrected chi connectivity index (χ4v) is 1.26. The molecule has 18 heavy (non-hydrogen) atoms. The SMILES string of the molecule is CCNC(N)=NCC(C)Oc1ccccc1F.I. The first-order chi connectivity index (χ1) is 8.13. The van der Waals surface area contributed by atoms with Crippen molar-refractivity contribution in [1.29, 1.82) is 0 Å². The molecule has 0 radical (unpaired) electrons. The van der Waals surface area contributed by atoms with E-state index in [1.165, 1.54) is 6.07 Å². The number of nitrogens with one attached hydrogen (secondary N) is 1. The van der Waals surface area contributed by atoms with Crippen LogP contribution >= 0.6 is 24.0 Å². The highest BCUT2D eigenvalue weighted by Crippen LogP contribution is 2.16. The number of benzene rings is 1. The summed E-state index contributed by atoms with van der Waals surface area (Å²) >= 11 is 0. The Balaban J connectivity index is 0.00000289. The molecule has 0 aromatic heterocycles. The van der Waals surface area contributed by atoms with E-state index in [1.807, 2.05) is 13.8 Å². The summed E-state index contributed by atoms with van der Waals surface area (Å²) in [5.74, 6) is 0.233. The van der Waals surface area contributed by atoms with Crippen LogP contribution in [0.15, 0.2) is 29.3 Å². The van der Waals surface area contributed by atoms with Crippen molar-refractivity contribution >= 4 is 29.9 Å². The van der Waals surface area contributed by atoms with Crippen LogP contribution < -0.4 is 15.8 Å². The van der Waals surface area contributed by atoms with Gasteiger partial charge < -0.3 is 15.8 Å². The van der Waals surface area contributed by atoms with Gasteiger partial charge in [0.2, 0.25) is 0 Å². The summed E-state index contributed by atoms with van der Waals surface area (Å²) in [5.41, 5.74) is 5.57. The maximum absolute atomic E-state index is 13.3. The van der Waals surface area contributed by atoms with E-state index in [0.29, 0.717) is 12.5 Å². The average molecular weight is 367 g/mol. The van der Waals surface area contributed by atoms with E-state index in [4.69, 9.17) is 10.5 Å². The molecule has 0 saturated carbocycles. The van der Waals surface area contributed by atoms with Crippen molar-refractivity contribution < 1.29 is 9.13 Å². The molecule has 0 heterocycles. The second kappa shape index (κ2) is 8.96. The molecule has 0 spiro atoms. The number of halogens is 2. The summed E-state index contributed by atoms with van der Waals surface area (Å²) < 4.78 is 18.7. The van der Waals surface area contributed by atoms with Crippen LogP contribution in [0.25, 0.3) is 0 Å². The third-order valence-corrected chi connectivity index (χ3v) is 2.04. The largest absolute Gasteiger partial charge is 0.486 e. The van der Waals surface area contributed by atoms with Gasteiger partial charge in [0.15, 0.2) is 17.5 Å². The van der Waals surface area contributed by atoms with Crippen LogP contribution in [0.5, 0.6) is 5.75 Å². The minimum absolute atomic E-state index is 0. The molecule has 3 N–H and O–H groups in total. The van der Waals surface area contributed by atoms with Crippen LogP contribution in [-0.4, -0.2) is 25.2 Å². The fraction of sp³-hybridized carbons (Fsp3) is 0.417. The van der Waals surface area contributed by atoms with Crippen molar-refractivity contribution in [1.82, 2.24) is 5.32 Å². The zero-order chi connectivity index (χ0) is 12.7. The lowest BCUT2D eigenvalue weighted by molar-refractivity contribution is 0.220. The van der Waals surface area contributed by atoms with Crippen LogP contribution in [0.1, 0.15) is 13.8 Å². The minimum atomic E-state index is -0.372. The highest BCUT2D eigenvalue weighted by Gasteiger charge is 2.07. The lowest BCUT2D eigenvalue weighted by atomic mass is 10.3. The van der Waals surface area contributed by atoms with Gasteiger partial charge in [-0.05, 0) is 26.0 Å². The first-order valence-electron chi connectivity index (χ1n) is 5.58. The average Bonchev–Trinajstić information content (AvgIpc) is 2.30. The molecule has 0 aliphatic rings. The van der Waals surface area contributed by atoms with Crippen LogP contribution in [0, 0.1) is 5.82 Å². The van der Waals surface area contributed by atoms with E-state index in [9.17, 15) is 4.39 Å². The molecule has 1 aromatic rings. The van der Waals surface area contributed by atoms with E-state index in [2.05, 4.69) is 10.3 Å². The number of para-hydroxylation sites is 1. The van der Waals surface area contributed by atoms with Gasteiger partial charge in [-0.3, -0.25) is 0 Å². The number of hydrogen-bond acceptors (Lipinski definition) is 2. The second-order valence-electron chi connectivity index (χ2n) is 3.62. The zero-order valence-electron chi connectivity index (χ0n) is 10.5. The van der Waals surface area contributed by atoms with Gasteiger partial charge >= 0.3 is 0 Å². The number of ether oxygens (including phenoxy) is 1. The van der Waals surface area contributed by atoms with Gasteiger partial charge in [-0.25, -0.2) is 9.38 Å². The second-order valence-corrected chi connectivity index (χ2v) is 3.62. The Morgan fingerprint density at radius 3 is 2.78 bits per heavy atom. The molecule has 0 amide bonds. The fourth-order valence-electron chi connectivity index (χ4n) is 1.26. The minimum Gasteiger partial charge on any atom is -0.486 e. The summed E-state index contributed by atoms with van der Waals surface area (Å²) in [7, 11) is 0. The maximum Gasteiger partial charge on any atom is 0.188 e. The van der Waals surface area contributed by atoms with Crippen LogP contribution in [-0.2, 0) is 0 Å². The molecule has 1 rings (SSSR count). The molecule has 0 fully saturated rings. The molecule has 6 heteroatoms. The van der Waals surface area contributed by atoms with Crippen molar-refractivity contribution in [3.8, 4) is 5.75 Å². The third kappa shape index (κ3) is 6.04. The third-order valence-electron chi connectivity index (χ3n) is 2.04. The van der Waals surface area contributed by atoms with Crippen LogP contribution in [0.3, 0.4) is 0 Å². The van der Waals surface area contributed by atoms with Crippen LogP contribution in [0.4, 0.5) is 4.39 Å². The lowest BCUT2D eigenvalue weighted by Gasteiger charge is -2.13. The number of nitrogens with two attached hydrogens (primary N) is 1. The first-order valence-corrected chi connectivity index (χ1v) is 5.58. The first kappa shape index (κ1) is 16.9. The summed E-state index contributed by atoms with van der Waals surface area (Å²) in [6, 6.07) is 6.29. The van der Waals surface area contributed by atoms with Gasteiger partial charge in [0.25, 0.3) is 0 Å². The normalized spacial score (nSPS) is 12.5. The van der Waals surface area contributed by atoms with E-state index < -0.39 is 0 Å². The summed E-state index contributed by atoms with van der Waals surface area (Å²) in [5, 5.41) is 2.87. The van der Waals surface area contributed by atoms with Crippen molar-refractivity contribution in [3.63, 3.8) is 0 Å². The molecule has 0 saturated heterocycles. The standard InChI is InChI=1S/C12H18FN3O.HI/c1-3-15-12(14)16-8-9(2)17-11-7-5-4-6-10(11)13;/h4-7,9H,3,8H2,1-2H3,(H3,14,15,16);1H. The van der Waals surface area contributed by atoms with Crippen molar-refractivity contribution in [2.75, 3.05) is 13.1 Å². The maximum atomic E-state index is 13.3. The van der Waals surface area contributed by atoms with Crippen molar-refractivity contribution in [2.24, 2.45) is 10.7 Å². The Bertz CT molecular complexity index is 387. The highest BCUT2D eigenvalue weighted by atomic mass is 127. The number of guanidine groups is 1. The van der Waals surface area contributed by atoms with E-state index in [0.717, 1.165) is 6.54 Å². The van der Waals surface area contributed by atoms with Gasteiger partial charge in [0, 0.05) is 6.54 Å². The topological polar surface area (TPSA) is 59.6 Å². The Hall–Kier alpha value is -1.05. The molecule has 1 aromatic carbocycles. The Kier molecular flexibility index (Phi) is 8.43. The molecule has 1 atom stereocenters. The summed E-state index contributed by atoms with van der Waals surface area (Å²) in [6.07, 6.45) is -0.232. The van der Waals surface area contributed by atoms with E-state index in [1.54, 1.807) is 18.2 Å². The van der Waals surface area contributed by atoms with E-state index >= 15 is 0 Å². The predicted octanol–water partition coefficient (Wildman–Crippen LogP) is 2.14. The Morgan fingerprint density at radius 2 is 2.17 bits per heavy atom. The molecule has 0 bridgehead atoms. The van der Waals surface area contributed by atoms with E-state index in [-0.39, 0.29) is 41.6 Å². The number of nitrogens with zero attached hydrogens (tertiary/aromatic N) is 1. The lowest BCUT2D eigenvalue weighted by Crippen LogP contribution is -2.32. The zero-order valence-corrected chi connectivity index (χ0v) is 12.9. The molecule has 0 aliphatic carbocycles. The molecule has 0 aliphatic heterocycles. The quantitative estimate of drug-likeness (QED) is 0.476. The van der Waals surface area contributed by atoms with Gasteiger partial charge in [-0.2, -0.15) is 0 Å². The van der Waals surface area contributed by atoms with Gasteiger partial charge in [0.05, 0.1) is 6.54 Å². The van der Waals surface area contributed by atoms with Crippen molar-refractivity contribution in [2.45, 2.75) is 20.0 Å². The van der Waals surface area contributed by atoms with Crippen LogP contribution in [0.2, 0.25) is 0 Å². The number of aliphatic imine (C=N–C) groups is 1. The molecule has 1 unspecified atom stereocenters. The van der Waals surface area contributed by atoms with Crippen molar-refractivity contribution in [3.05, 3.63) is 30.1 Å². The van der Waals surface area contributed by atoms with Gasteiger partial charge in [-0.1, -0.05) is 12.1 Å². The highest BCUT2D eigenvalue weighted by molar-refractivity contribution is 14.0. The molecule has 4 nitrogen and oxygen atoms in total. The Morgan fingerprint density at radius 1 is 1.50 bits per heavy atom. The molecular formula is C12H19FIN3O. The monoisotopic (exact) mass is 367 g/mol. The number of rotatable bonds is 5. The smallest absolute Gasteiger partial charge is 0.188 e. The molecule has 102 valence electrons. The number of hydrogen-bond donors (Lipinski definition) is 2. The predicted molar refractivity (Wildman–Crippen MR) is 82.1 cm³/mol. The summed E-state index contributed by atoms with van der Waals surface area (Å²) in [4.78, 5) is 4.08. The van der Waals surface area contributed by atoms with Gasteiger partial charge in [-0.15, -0.1) is 24.0 Å². The summed E-state index contributed by atoms with van der Waals surface area (Å²) in [6.45, 7) is 4.85. The Labute approximate surface area is 124 Å². The van der Waals surface area contributed by atoms with Gasteiger partial charge in [0.1, 0.15) is 6.10 Å². The molecular weight excluding hydrogens is 348 g/mol.